The van der Waals surface area contributed by atoms with Gasteiger partial charge in [0.25, 0.3) is 5.88 Å². The number of nitrogens with zero attached hydrogens (tertiary/aromatic N) is 3. The van der Waals surface area contributed by atoms with Gasteiger partial charge in [-0.05, 0) is 20.8 Å². The molecule has 0 saturated carbocycles. The molecule has 8 nitrogen and oxygen atoms in total. The van der Waals surface area contributed by atoms with E-state index in [1.54, 1.807) is 0 Å². The van der Waals surface area contributed by atoms with Crippen LogP contribution in [0, 0.1) is 30.6 Å². The largest absolute Gasteiger partial charge is 0.470 e. The Morgan fingerprint density at radius 3 is 2.53 bits per heavy atom. The van der Waals surface area contributed by atoms with E-state index in [1.165, 1.54) is 0 Å². The number of nitrogens with one attached hydrogen (secondary N) is 1. The van der Waals surface area contributed by atoms with E-state index in [-0.39, 0.29) is 25.0 Å². The first-order valence-corrected chi connectivity index (χ1v) is 10.7. The summed E-state index contributed by atoms with van der Waals surface area (Å²) in [6.45, 7) is 9.39. The maximum Gasteiger partial charge on any atom is 0.311 e. The monoisotopic (exact) mass is 434 g/mol. The topological polar surface area (TPSA) is 85.8 Å². The van der Waals surface area contributed by atoms with Gasteiger partial charge in [-0.1, -0.05) is 0 Å². The SMILES string of the molecule is C#CCC(CC#C)C(=O)OC(CNC(C)(C)C)COc1nsnc1N1CCOCC1. The first kappa shape index (κ1) is 23.9. The highest BCUT2D eigenvalue weighted by Crippen LogP contribution is 2.26. The van der Waals surface area contributed by atoms with Gasteiger partial charge in [-0.25, -0.2) is 0 Å². The molecule has 164 valence electrons. The Morgan fingerprint density at radius 1 is 1.27 bits per heavy atom. The normalized spacial score (nSPS) is 15.3. The van der Waals surface area contributed by atoms with E-state index < -0.39 is 18.0 Å². The number of carbonyl (C=O) groups excluding carboxylic acids is 1. The standard InChI is InChI=1S/C21H30N4O4S/c1-6-8-16(9-7-2)20(26)29-17(14-22-21(3,4)5)15-28-19-18(23-30-24-19)25-10-12-27-13-11-25/h1-2,16-17,22H,8-15H2,3-5H3. The Balaban J connectivity index is 2.03. The van der Waals surface area contributed by atoms with Crippen LogP contribution in [0.2, 0.25) is 0 Å². The zero-order valence-electron chi connectivity index (χ0n) is 17.8. The summed E-state index contributed by atoms with van der Waals surface area (Å²) in [6.07, 6.45) is 10.7. The average Bonchev–Trinajstić information content (AvgIpc) is 3.18. The minimum atomic E-state index is -0.533. The summed E-state index contributed by atoms with van der Waals surface area (Å²) in [5.74, 6) is 5.15. The lowest BCUT2D eigenvalue weighted by Crippen LogP contribution is -2.44. The molecule has 0 amide bonds. The van der Waals surface area contributed by atoms with E-state index in [0.717, 1.165) is 24.8 Å². The molecule has 9 heteroatoms. The number of hydrogen-bond acceptors (Lipinski definition) is 9. The van der Waals surface area contributed by atoms with Crippen molar-refractivity contribution < 1.29 is 19.0 Å². The summed E-state index contributed by atoms with van der Waals surface area (Å²) in [6, 6.07) is 0. The van der Waals surface area contributed by atoms with Gasteiger partial charge >= 0.3 is 5.97 Å². The van der Waals surface area contributed by atoms with Crippen molar-refractivity contribution in [3.8, 4) is 30.6 Å². The molecule has 0 spiro atoms. The number of terminal acetylenes is 2. The molecule has 30 heavy (non-hydrogen) atoms. The lowest BCUT2D eigenvalue weighted by molar-refractivity contribution is -0.155. The maximum atomic E-state index is 12.6. The lowest BCUT2D eigenvalue weighted by Gasteiger charge is -2.28. The summed E-state index contributed by atoms with van der Waals surface area (Å²) in [5.41, 5.74) is -0.150. The Bertz CT molecular complexity index is 740. The maximum absolute atomic E-state index is 12.6. The molecular formula is C21H30N4O4S. The molecule has 1 fully saturated rings. The van der Waals surface area contributed by atoms with Crippen LogP contribution in [0.25, 0.3) is 0 Å². The van der Waals surface area contributed by atoms with E-state index in [0.29, 0.717) is 31.5 Å². The van der Waals surface area contributed by atoms with Gasteiger partial charge in [0.2, 0.25) is 5.82 Å². The van der Waals surface area contributed by atoms with Crippen LogP contribution in [0.15, 0.2) is 0 Å². The third-order valence-electron chi connectivity index (χ3n) is 4.36. The third-order valence-corrected chi connectivity index (χ3v) is 4.87. The van der Waals surface area contributed by atoms with E-state index in [9.17, 15) is 4.79 Å². The number of aromatic nitrogens is 2. The second-order valence-corrected chi connectivity index (χ2v) is 8.54. The van der Waals surface area contributed by atoms with Crippen molar-refractivity contribution in [2.24, 2.45) is 5.92 Å². The molecule has 1 unspecified atom stereocenters. The molecule has 1 atom stereocenters. The van der Waals surface area contributed by atoms with Gasteiger partial charge in [0.1, 0.15) is 12.7 Å². The highest BCUT2D eigenvalue weighted by atomic mass is 32.1. The number of ether oxygens (including phenoxy) is 3. The number of rotatable bonds is 10. The molecule has 0 aromatic carbocycles. The van der Waals surface area contributed by atoms with Crippen LogP contribution in [0.4, 0.5) is 5.82 Å². The van der Waals surface area contributed by atoms with Gasteiger partial charge in [0.15, 0.2) is 0 Å². The zero-order valence-corrected chi connectivity index (χ0v) is 18.7. The van der Waals surface area contributed by atoms with Crippen molar-refractivity contribution in [2.45, 2.75) is 45.3 Å². The van der Waals surface area contributed by atoms with Crippen molar-refractivity contribution in [1.82, 2.24) is 14.1 Å². The first-order chi connectivity index (χ1) is 14.3. The van der Waals surface area contributed by atoms with Crippen LogP contribution in [0.1, 0.15) is 33.6 Å². The Morgan fingerprint density at radius 2 is 1.93 bits per heavy atom. The van der Waals surface area contributed by atoms with Crippen LogP contribution in [-0.2, 0) is 14.3 Å². The minimum absolute atomic E-state index is 0.135. The van der Waals surface area contributed by atoms with Crippen molar-refractivity contribution in [2.75, 3.05) is 44.4 Å². The van der Waals surface area contributed by atoms with Gasteiger partial charge < -0.3 is 24.4 Å². The molecule has 1 aromatic heterocycles. The summed E-state index contributed by atoms with van der Waals surface area (Å²) >= 11 is 1.09. The zero-order chi connectivity index (χ0) is 22.0. The van der Waals surface area contributed by atoms with E-state index >= 15 is 0 Å². The molecule has 1 saturated heterocycles. The van der Waals surface area contributed by atoms with Crippen LogP contribution in [0.3, 0.4) is 0 Å². The molecule has 1 aliphatic heterocycles. The van der Waals surface area contributed by atoms with Crippen molar-refractivity contribution in [3.63, 3.8) is 0 Å². The van der Waals surface area contributed by atoms with E-state index in [2.05, 4.69) is 30.8 Å². The predicted octanol–water partition coefficient (Wildman–Crippen LogP) is 1.72. The molecular weight excluding hydrogens is 404 g/mol. The molecule has 1 aromatic rings. The van der Waals surface area contributed by atoms with Gasteiger partial charge in [-0.3, -0.25) is 4.79 Å². The smallest absolute Gasteiger partial charge is 0.311 e. The van der Waals surface area contributed by atoms with E-state index in [4.69, 9.17) is 27.1 Å². The Kier molecular flexibility index (Phi) is 9.38. The molecule has 0 radical (unpaired) electrons. The number of hydrogen-bond donors (Lipinski definition) is 1. The minimum Gasteiger partial charge on any atom is -0.470 e. The molecule has 0 aliphatic carbocycles. The highest BCUT2D eigenvalue weighted by molar-refractivity contribution is 6.99. The van der Waals surface area contributed by atoms with Crippen LogP contribution in [-0.4, -0.2) is 65.8 Å². The fourth-order valence-corrected chi connectivity index (χ4v) is 3.27. The first-order valence-electron chi connectivity index (χ1n) is 9.94. The summed E-state index contributed by atoms with van der Waals surface area (Å²) in [7, 11) is 0. The molecule has 0 bridgehead atoms. The lowest BCUT2D eigenvalue weighted by atomic mass is 10.0. The average molecular weight is 435 g/mol. The number of morpholine rings is 1. The van der Waals surface area contributed by atoms with Gasteiger partial charge in [-0.15, -0.1) is 29.1 Å². The fraction of sp³-hybridized carbons (Fsp3) is 0.667. The number of anilines is 1. The van der Waals surface area contributed by atoms with Crippen LogP contribution < -0.4 is 15.0 Å². The summed E-state index contributed by atoms with van der Waals surface area (Å²) in [4.78, 5) is 14.7. The van der Waals surface area contributed by atoms with Gasteiger partial charge in [-0.2, -0.15) is 4.37 Å². The molecule has 2 rings (SSSR count). The van der Waals surface area contributed by atoms with E-state index in [1.807, 2.05) is 20.8 Å². The summed E-state index contributed by atoms with van der Waals surface area (Å²) in [5, 5.41) is 3.34. The fourth-order valence-electron chi connectivity index (χ4n) is 2.75. The number of carbonyl (C=O) groups is 1. The quantitative estimate of drug-likeness (QED) is 0.440. The molecule has 1 N–H and O–H groups in total. The Labute approximate surface area is 183 Å². The number of esters is 1. The summed E-state index contributed by atoms with van der Waals surface area (Å²) < 4.78 is 25.6. The predicted molar refractivity (Wildman–Crippen MR) is 116 cm³/mol. The van der Waals surface area contributed by atoms with Crippen LogP contribution >= 0.6 is 11.7 Å². The van der Waals surface area contributed by atoms with Crippen molar-refractivity contribution >= 4 is 23.5 Å². The van der Waals surface area contributed by atoms with Gasteiger partial charge in [0.05, 0.1) is 30.9 Å². The molecule has 2 heterocycles. The second-order valence-electron chi connectivity index (χ2n) is 8.01. The van der Waals surface area contributed by atoms with Crippen molar-refractivity contribution in [3.05, 3.63) is 0 Å². The highest BCUT2D eigenvalue weighted by Gasteiger charge is 2.26. The van der Waals surface area contributed by atoms with Crippen LogP contribution in [0.5, 0.6) is 5.88 Å². The Hall–Kier alpha value is -2.33. The molecule has 1 aliphatic rings. The third kappa shape index (κ3) is 7.83. The second kappa shape index (κ2) is 11.8. The van der Waals surface area contributed by atoms with Crippen molar-refractivity contribution in [1.29, 1.82) is 0 Å². The van der Waals surface area contributed by atoms with Gasteiger partial charge in [0, 0.05) is 38.0 Å².